The van der Waals surface area contributed by atoms with Crippen LogP contribution in [0.4, 0.5) is 0 Å². The molecule has 0 radical (unpaired) electrons. The van der Waals surface area contributed by atoms with Crippen LogP contribution >= 0.6 is 11.3 Å². The van der Waals surface area contributed by atoms with Crippen molar-refractivity contribution in [3.8, 4) is 0 Å². The van der Waals surface area contributed by atoms with E-state index in [0.717, 1.165) is 35.2 Å². The molecule has 3 heterocycles. The Morgan fingerprint density at radius 3 is 2.61 bits per heavy atom. The number of carbonyl (C=O) groups is 2. The van der Waals surface area contributed by atoms with E-state index in [1.807, 2.05) is 52.2 Å². The monoisotopic (exact) mass is 395 g/mol. The zero-order valence-electron chi connectivity index (χ0n) is 16.1. The smallest absolute Gasteiger partial charge is 0.270 e. The molecule has 0 unspecified atom stereocenters. The Hall–Kier alpha value is -2.60. The number of fused-ring (bicyclic) bond motifs is 1. The molecule has 2 amide bonds. The van der Waals surface area contributed by atoms with Gasteiger partial charge in [0.15, 0.2) is 0 Å². The summed E-state index contributed by atoms with van der Waals surface area (Å²) in [6.07, 6.45) is 2.29. The van der Waals surface area contributed by atoms with Crippen molar-refractivity contribution in [3.63, 3.8) is 0 Å². The second-order valence-corrected chi connectivity index (χ2v) is 8.30. The molecule has 1 aromatic carbocycles. The molecule has 1 aliphatic heterocycles. The van der Waals surface area contributed by atoms with Gasteiger partial charge in [-0.05, 0) is 42.3 Å². The lowest BCUT2D eigenvalue weighted by molar-refractivity contribution is -0.126. The first-order chi connectivity index (χ1) is 13.6. The Balaban J connectivity index is 1.28. The van der Waals surface area contributed by atoms with E-state index in [9.17, 15) is 9.59 Å². The normalized spacial score (nSPS) is 15.1. The van der Waals surface area contributed by atoms with Gasteiger partial charge in [0.05, 0.1) is 10.2 Å². The number of hydrogen-bond acceptors (Lipinski definition) is 3. The van der Waals surface area contributed by atoms with Crippen LogP contribution in [0.2, 0.25) is 0 Å². The van der Waals surface area contributed by atoms with Gasteiger partial charge in [-0.2, -0.15) is 0 Å². The zero-order chi connectivity index (χ0) is 19.5. The zero-order valence-corrected chi connectivity index (χ0v) is 16.9. The number of nitrogens with one attached hydrogen (secondary N) is 1. The third kappa shape index (κ3) is 3.83. The lowest BCUT2D eigenvalue weighted by atomic mass is 9.95. The average Bonchev–Trinajstić information content (AvgIpc) is 3.31. The summed E-state index contributed by atoms with van der Waals surface area (Å²) < 4.78 is 3.11. The van der Waals surface area contributed by atoms with Crippen molar-refractivity contribution in [1.29, 1.82) is 0 Å². The number of likely N-dealkylation sites (tertiary alicyclic amines) is 1. The number of nitrogens with zero attached hydrogens (tertiary/aromatic N) is 2. The Bertz CT molecular complexity index is 968. The van der Waals surface area contributed by atoms with Gasteiger partial charge in [0.25, 0.3) is 5.91 Å². The Labute approximate surface area is 169 Å². The molecule has 146 valence electrons. The fourth-order valence-electron chi connectivity index (χ4n) is 3.88. The van der Waals surface area contributed by atoms with Gasteiger partial charge in [-0.1, -0.05) is 30.3 Å². The molecule has 1 aliphatic rings. The van der Waals surface area contributed by atoms with Crippen LogP contribution < -0.4 is 5.32 Å². The van der Waals surface area contributed by atoms with E-state index in [1.165, 1.54) is 5.56 Å². The van der Waals surface area contributed by atoms with Gasteiger partial charge in [-0.3, -0.25) is 9.59 Å². The molecule has 0 atom stereocenters. The van der Waals surface area contributed by atoms with Crippen LogP contribution in [0.5, 0.6) is 0 Å². The Morgan fingerprint density at radius 2 is 1.89 bits per heavy atom. The summed E-state index contributed by atoms with van der Waals surface area (Å²) >= 11 is 1.65. The van der Waals surface area contributed by atoms with Crippen molar-refractivity contribution in [3.05, 3.63) is 59.1 Å². The predicted molar refractivity (Wildman–Crippen MR) is 113 cm³/mol. The largest absolute Gasteiger partial charge is 0.356 e. The lowest BCUT2D eigenvalue weighted by Crippen LogP contribution is -2.43. The van der Waals surface area contributed by atoms with Crippen molar-refractivity contribution in [1.82, 2.24) is 14.8 Å². The first-order valence-electron chi connectivity index (χ1n) is 9.77. The fraction of sp³-hybridized carbons (Fsp3) is 0.364. The van der Waals surface area contributed by atoms with Crippen LogP contribution in [-0.2, 0) is 18.3 Å². The van der Waals surface area contributed by atoms with E-state index in [-0.39, 0.29) is 17.7 Å². The van der Waals surface area contributed by atoms with Crippen LogP contribution in [0.25, 0.3) is 10.2 Å². The summed E-state index contributed by atoms with van der Waals surface area (Å²) in [6, 6.07) is 14.2. The number of aryl methyl sites for hydroxylation is 1. The van der Waals surface area contributed by atoms with E-state index in [1.54, 1.807) is 11.3 Å². The molecular formula is C22H25N3O2S. The van der Waals surface area contributed by atoms with E-state index in [0.29, 0.717) is 19.6 Å². The van der Waals surface area contributed by atoms with Crippen molar-refractivity contribution in [2.75, 3.05) is 19.6 Å². The minimum absolute atomic E-state index is 0.00303. The van der Waals surface area contributed by atoms with Crippen molar-refractivity contribution in [2.45, 2.75) is 19.3 Å². The molecule has 4 rings (SSSR count). The number of aromatic nitrogens is 1. The molecular weight excluding hydrogens is 370 g/mol. The average molecular weight is 396 g/mol. The summed E-state index contributed by atoms with van der Waals surface area (Å²) in [6.45, 7) is 1.92. The quantitative estimate of drug-likeness (QED) is 0.719. The molecule has 3 aromatic rings. The number of thiophene rings is 1. The molecule has 2 aromatic heterocycles. The molecule has 0 spiro atoms. The highest BCUT2D eigenvalue weighted by molar-refractivity contribution is 7.17. The molecule has 6 heteroatoms. The van der Waals surface area contributed by atoms with Crippen molar-refractivity contribution >= 4 is 33.4 Å². The lowest BCUT2D eigenvalue weighted by Gasteiger charge is -2.31. The maximum Gasteiger partial charge on any atom is 0.270 e. The second kappa shape index (κ2) is 8.19. The predicted octanol–water partition coefficient (Wildman–Crippen LogP) is 3.45. The van der Waals surface area contributed by atoms with Crippen molar-refractivity contribution in [2.24, 2.45) is 13.0 Å². The number of benzene rings is 1. The maximum absolute atomic E-state index is 12.9. The molecule has 1 N–H and O–H groups in total. The third-order valence-corrected chi connectivity index (χ3v) is 6.44. The molecule has 0 saturated carbocycles. The van der Waals surface area contributed by atoms with Gasteiger partial charge < -0.3 is 14.8 Å². The number of piperidine rings is 1. The van der Waals surface area contributed by atoms with E-state index >= 15 is 0 Å². The van der Waals surface area contributed by atoms with Crippen LogP contribution in [0.1, 0.15) is 28.9 Å². The highest BCUT2D eigenvalue weighted by Gasteiger charge is 2.29. The summed E-state index contributed by atoms with van der Waals surface area (Å²) in [5.74, 6) is 0.174. The van der Waals surface area contributed by atoms with Crippen LogP contribution in [0.3, 0.4) is 0 Å². The van der Waals surface area contributed by atoms with E-state index in [2.05, 4.69) is 17.4 Å². The standard InChI is InChI=1S/C22H25N3O2S/c1-24-18-10-14-28-20(18)15-19(24)22(27)25-12-8-17(9-13-25)21(26)23-11-7-16-5-3-2-4-6-16/h2-6,10,14-15,17H,7-9,11-13H2,1H3,(H,23,26). The highest BCUT2D eigenvalue weighted by atomic mass is 32.1. The molecule has 0 bridgehead atoms. The number of hydrogen-bond donors (Lipinski definition) is 1. The molecule has 5 nitrogen and oxygen atoms in total. The minimum atomic E-state index is -0.00303. The molecule has 0 aliphatic carbocycles. The maximum atomic E-state index is 12.9. The molecule has 1 fully saturated rings. The number of rotatable bonds is 5. The number of carbonyl (C=O) groups excluding carboxylic acids is 2. The second-order valence-electron chi connectivity index (χ2n) is 7.35. The minimum Gasteiger partial charge on any atom is -0.356 e. The SMILES string of the molecule is Cn1c(C(=O)N2CCC(C(=O)NCCc3ccccc3)CC2)cc2sccc21. The third-order valence-electron chi connectivity index (χ3n) is 5.59. The molecule has 1 saturated heterocycles. The first-order valence-corrected chi connectivity index (χ1v) is 10.7. The van der Waals surface area contributed by atoms with E-state index < -0.39 is 0 Å². The fourth-order valence-corrected chi connectivity index (χ4v) is 4.73. The van der Waals surface area contributed by atoms with Crippen LogP contribution in [-0.4, -0.2) is 40.9 Å². The summed E-state index contributed by atoms with van der Waals surface area (Å²) in [5.41, 5.74) is 3.05. The van der Waals surface area contributed by atoms with Gasteiger partial charge in [0.2, 0.25) is 5.91 Å². The first kappa shape index (κ1) is 18.7. The van der Waals surface area contributed by atoms with Gasteiger partial charge >= 0.3 is 0 Å². The van der Waals surface area contributed by atoms with Crippen LogP contribution in [0, 0.1) is 5.92 Å². The molecule has 28 heavy (non-hydrogen) atoms. The topological polar surface area (TPSA) is 54.3 Å². The van der Waals surface area contributed by atoms with Crippen LogP contribution in [0.15, 0.2) is 47.8 Å². The van der Waals surface area contributed by atoms with Gasteiger partial charge in [-0.25, -0.2) is 0 Å². The summed E-state index contributed by atoms with van der Waals surface area (Å²) in [5, 5.41) is 5.10. The number of amides is 2. The summed E-state index contributed by atoms with van der Waals surface area (Å²) in [7, 11) is 1.94. The van der Waals surface area contributed by atoms with Gasteiger partial charge in [-0.15, -0.1) is 11.3 Å². The Kier molecular flexibility index (Phi) is 5.48. The van der Waals surface area contributed by atoms with E-state index in [4.69, 9.17) is 0 Å². The Morgan fingerprint density at radius 1 is 1.14 bits per heavy atom. The van der Waals surface area contributed by atoms with Gasteiger partial charge in [0.1, 0.15) is 5.69 Å². The van der Waals surface area contributed by atoms with Crippen molar-refractivity contribution < 1.29 is 9.59 Å². The summed E-state index contributed by atoms with van der Waals surface area (Å²) in [4.78, 5) is 27.2. The highest BCUT2D eigenvalue weighted by Crippen LogP contribution is 2.26. The van der Waals surface area contributed by atoms with Gasteiger partial charge in [0, 0.05) is 32.6 Å².